The molecule has 0 radical (unpaired) electrons. The van der Waals surface area contributed by atoms with Crippen LogP contribution in [-0.2, 0) is 15.9 Å². The van der Waals surface area contributed by atoms with Gasteiger partial charge in [-0.1, -0.05) is 30.3 Å². The summed E-state index contributed by atoms with van der Waals surface area (Å²) < 4.78 is 17.9. The zero-order chi connectivity index (χ0) is 18.9. The Morgan fingerprint density at radius 3 is 2.23 bits per heavy atom. The first-order chi connectivity index (χ1) is 12.2. The van der Waals surface area contributed by atoms with Crippen molar-refractivity contribution in [3.05, 3.63) is 42.2 Å². The first-order valence-corrected chi connectivity index (χ1v) is 8.75. The maximum Gasteiger partial charge on any atom is 0.504 e. The highest BCUT2D eigenvalue weighted by molar-refractivity contribution is 6.64. The Kier molecular flexibility index (Phi) is 4.95. The van der Waals surface area contributed by atoms with E-state index in [0.29, 0.717) is 17.9 Å². The Hall–Kier alpha value is -2.12. The van der Waals surface area contributed by atoms with Crippen LogP contribution < -0.4 is 15.1 Å². The molecule has 1 aliphatic rings. The molecule has 0 atom stereocenters. The van der Waals surface area contributed by atoms with Crippen molar-refractivity contribution >= 4 is 18.4 Å². The Morgan fingerprint density at radius 1 is 1.04 bits per heavy atom. The number of hydrogen-bond donors (Lipinski definition) is 0. The Morgan fingerprint density at radius 2 is 1.65 bits per heavy atom. The van der Waals surface area contributed by atoms with Crippen LogP contribution in [0.1, 0.15) is 33.3 Å². The highest BCUT2D eigenvalue weighted by atomic mass is 16.7. The maximum absolute atomic E-state index is 6.22. The number of methoxy groups -OCH3 is 1. The lowest BCUT2D eigenvalue weighted by molar-refractivity contribution is 0.00578. The molecule has 26 heavy (non-hydrogen) atoms. The molecule has 0 N–H and O–H groups in total. The van der Waals surface area contributed by atoms with Gasteiger partial charge >= 0.3 is 7.12 Å². The van der Waals surface area contributed by atoms with Gasteiger partial charge in [0.2, 0.25) is 5.88 Å². The van der Waals surface area contributed by atoms with E-state index in [1.54, 1.807) is 7.11 Å². The van der Waals surface area contributed by atoms with Gasteiger partial charge in [-0.2, -0.15) is 0 Å². The number of aromatic nitrogens is 2. The maximum atomic E-state index is 6.22. The van der Waals surface area contributed by atoms with Crippen molar-refractivity contribution in [3.8, 4) is 5.88 Å². The molecule has 6 nitrogen and oxygen atoms in total. The van der Waals surface area contributed by atoms with Gasteiger partial charge in [0.15, 0.2) is 0 Å². The average molecular weight is 355 g/mol. The number of anilines is 1. The number of rotatable bonds is 5. The highest BCUT2D eigenvalue weighted by Crippen LogP contribution is 2.37. The normalized spacial score (nSPS) is 18.0. The van der Waals surface area contributed by atoms with Gasteiger partial charge in [-0.15, -0.1) is 0 Å². The predicted molar refractivity (Wildman–Crippen MR) is 103 cm³/mol. The fraction of sp³-hybridized carbons (Fsp3) is 0.474. The molecule has 2 heterocycles. The lowest BCUT2D eigenvalue weighted by Gasteiger charge is -2.32. The first kappa shape index (κ1) is 18.7. The van der Waals surface area contributed by atoms with Gasteiger partial charge in [-0.3, -0.25) is 0 Å². The molecule has 1 saturated heterocycles. The number of ether oxygens (including phenoxy) is 1. The molecule has 2 aromatic rings. The molecule has 0 aliphatic carbocycles. The summed E-state index contributed by atoms with van der Waals surface area (Å²) in [6.07, 6.45) is 1.50. The van der Waals surface area contributed by atoms with Gasteiger partial charge < -0.3 is 18.9 Å². The average Bonchev–Trinajstić information content (AvgIpc) is 2.82. The van der Waals surface area contributed by atoms with E-state index in [2.05, 4.69) is 27.0 Å². The summed E-state index contributed by atoms with van der Waals surface area (Å²) in [6.45, 7) is 8.80. The van der Waals surface area contributed by atoms with Crippen molar-refractivity contribution in [2.75, 3.05) is 19.1 Å². The molecule has 0 saturated carbocycles. The lowest BCUT2D eigenvalue weighted by Crippen LogP contribution is -2.41. The van der Waals surface area contributed by atoms with Crippen LogP contribution in [0.5, 0.6) is 5.88 Å². The molecule has 1 aliphatic heterocycles. The van der Waals surface area contributed by atoms with Crippen molar-refractivity contribution in [2.45, 2.75) is 45.4 Å². The van der Waals surface area contributed by atoms with Crippen molar-refractivity contribution in [2.24, 2.45) is 0 Å². The summed E-state index contributed by atoms with van der Waals surface area (Å²) in [4.78, 5) is 10.8. The van der Waals surface area contributed by atoms with Gasteiger partial charge in [0, 0.05) is 13.6 Å². The zero-order valence-electron chi connectivity index (χ0n) is 16.3. The summed E-state index contributed by atoms with van der Waals surface area (Å²) in [5.41, 5.74) is 1.00. The molecule has 0 amide bonds. The molecule has 7 heteroatoms. The van der Waals surface area contributed by atoms with Gasteiger partial charge in [0.25, 0.3) is 0 Å². The van der Waals surface area contributed by atoms with Crippen molar-refractivity contribution in [1.29, 1.82) is 0 Å². The molecule has 0 bridgehead atoms. The monoisotopic (exact) mass is 355 g/mol. The third-order valence-corrected chi connectivity index (χ3v) is 5.13. The zero-order valence-corrected chi connectivity index (χ0v) is 16.3. The molecule has 1 aromatic carbocycles. The summed E-state index contributed by atoms with van der Waals surface area (Å²) in [6, 6.07) is 10.2. The minimum atomic E-state index is -0.593. The van der Waals surface area contributed by atoms with Crippen molar-refractivity contribution < 1.29 is 14.0 Å². The van der Waals surface area contributed by atoms with Crippen LogP contribution in [0, 0.1) is 0 Å². The molecular weight excluding hydrogens is 329 g/mol. The van der Waals surface area contributed by atoms with E-state index >= 15 is 0 Å². The summed E-state index contributed by atoms with van der Waals surface area (Å²) in [5.74, 6) is 1.20. The van der Waals surface area contributed by atoms with Gasteiger partial charge in [0.05, 0.1) is 23.8 Å². The molecule has 0 unspecified atom stereocenters. The van der Waals surface area contributed by atoms with E-state index < -0.39 is 18.3 Å². The van der Waals surface area contributed by atoms with Gasteiger partial charge in [0.1, 0.15) is 12.1 Å². The third-order valence-electron chi connectivity index (χ3n) is 5.13. The van der Waals surface area contributed by atoms with E-state index in [9.17, 15) is 0 Å². The second-order valence-electron chi connectivity index (χ2n) is 7.55. The number of benzene rings is 1. The first-order valence-electron chi connectivity index (χ1n) is 8.75. The summed E-state index contributed by atoms with van der Waals surface area (Å²) in [5, 5.41) is 0. The Balaban J connectivity index is 1.97. The van der Waals surface area contributed by atoms with Crippen LogP contribution in [0.15, 0.2) is 36.7 Å². The van der Waals surface area contributed by atoms with Gasteiger partial charge in [-0.25, -0.2) is 9.97 Å². The standard InChI is InChI=1S/C19H26BN3O3/c1-18(2)19(3,4)26-20(25-18)15-16(21-13-22-17(15)24-6)23(5)12-14-10-8-7-9-11-14/h7-11,13H,12H2,1-6H3. The topological polar surface area (TPSA) is 56.7 Å². The van der Waals surface area contributed by atoms with Crippen LogP contribution in [0.25, 0.3) is 0 Å². The molecule has 138 valence electrons. The van der Waals surface area contributed by atoms with E-state index in [4.69, 9.17) is 14.0 Å². The fourth-order valence-corrected chi connectivity index (χ4v) is 2.94. The quantitative estimate of drug-likeness (QED) is 0.768. The molecular formula is C19H26BN3O3. The van der Waals surface area contributed by atoms with Crippen LogP contribution in [0.3, 0.4) is 0 Å². The van der Waals surface area contributed by atoms with E-state index in [0.717, 1.165) is 5.82 Å². The van der Waals surface area contributed by atoms with E-state index in [-0.39, 0.29) is 0 Å². The highest BCUT2D eigenvalue weighted by Gasteiger charge is 2.53. The lowest BCUT2D eigenvalue weighted by atomic mass is 9.79. The second-order valence-corrected chi connectivity index (χ2v) is 7.55. The SMILES string of the molecule is COc1ncnc(N(C)Cc2ccccc2)c1B1OC(C)(C)C(C)(C)O1. The minimum Gasteiger partial charge on any atom is -0.481 e. The number of nitrogens with zero attached hydrogens (tertiary/aromatic N) is 3. The summed E-state index contributed by atoms with van der Waals surface area (Å²) >= 11 is 0. The molecule has 3 rings (SSSR count). The van der Waals surface area contributed by atoms with Crippen LogP contribution in [-0.4, -0.2) is 42.4 Å². The second kappa shape index (κ2) is 6.89. The largest absolute Gasteiger partial charge is 0.504 e. The van der Waals surface area contributed by atoms with Crippen LogP contribution in [0.2, 0.25) is 0 Å². The molecule has 0 spiro atoms. The third kappa shape index (κ3) is 3.41. The summed E-state index contributed by atoms with van der Waals surface area (Å²) in [7, 11) is 2.99. The number of hydrogen-bond acceptors (Lipinski definition) is 6. The minimum absolute atomic E-state index is 0.451. The smallest absolute Gasteiger partial charge is 0.481 e. The van der Waals surface area contributed by atoms with Gasteiger partial charge in [-0.05, 0) is 33.3 Å². The van der Waals surface area contributed by atoms with Crippen molar-refractivity contribution in [3.63, 3.8) is 0 Å². The Bertz CT molecular complexity index is 752. The molecule has 1 fully saturated rings. The van der Waals surface area contributed by atoms with Crippen molar-refractivity contribution in [1.82, 2.24) is 9.97 Å². The van der Waals surface area contributed by atoms with Crippen LogP contribution >= 0.6 is 0 Å². The molecule has 1 aromatic heterocycles. The van der Waals surface area contributed by atoms with E-state index in [1.165, 1.54) is 11.9 Å². The predicted octanol–water partition coefficient (Wildman–Crippen LogP) is 2.42. The van der Waals surface area contributed by atoms with Crippen LogP contribution in [0.4, 0.5) is 5.82 Å². The Labute approximate surface area is 155 Å². The fourth-order valence-electron chi connectivity index (χ4n) is 2.94. The van der Waals surface area contributed by atoms with E-state index in [1.807, 2.05) is 52.9 Å².